The van der Waals surface area contributed by atoms with Gasteiger partial charge < -0.3 is 11.1 Å². The van der Waals surface area contributed by atoms with Crippen molar-refractivity contribution in [2.24, 2.45) is 11.7 Å². The molecule has 6 heteroatoms. The summed E-state index contributed by atoms with van der Waals surface area (Å²) in [6.45, 7) is 4.00. The molecule has 21 heavy (non-hydrogen) atoms. The number of hydrogen-bond acceptors (Lipinski definition) is 4. The van der Waals surface area contributed by atoms with Gasteiger partial charge in [-0.15, -0.1) is 11.6 Å². The standard InChI is InChI=1S/C15H19ClN4O/c1-3-9(2)13(14(17)21)20-15-10-6-4-5-7-11(10)18-12(8-16)19-15/h4-7,9,13H,3,8H2,1-2H3,(H2,17,21)(H,18,19,20)/t9?,13-/m0/s1. The summed E-state index contributed by atoms with van der Waals surface area (Å²) in [4.78, 5) is 20.5. The van der Waals surface area contributed by atoms with Gasteiger partial charge in [0.25, 0.3) is 0 Å². The van der Waals surface area contributed by atoms with E-state index in [4.69, 9.17) is 17.3 Å². The fraction of sp³-hybridized carbons (Fsp3) is 0.400. The Bertz CT molecular complexity index is 647. The van der Waals surface area contributed by atoms with E-state index >= 15 is 0 Å². The molecule has 0 saturated carbocycles. The molecule has 0 fully saturated rings. The molecule has 0 aliphatic carbocycles. The van der Waals surface area contributed by atoms with E-state index in [-0.39, 0.29) is 17.7 Å². The third-order valence-corrected chi connectivity index (χ3v) is 3.82. The highest BCUT2D eigenvalue weighted by Crippen LogP contribution is 2.23. The largest absolute Gasteiger partial charge is 0.368 e. The van der Waals surface area contributed by atoms with Crippen LogP contribution in [-0.4, -0.2) is 21.9 Å². The first-order valence-corrected chi connectivity index (χ1v) is 7.47. The maximum Gasteiger partial charge on any atom is 0.240 e. The molecule has 0 bridgehead atoms. The smallest absolute Gasteiger partial charge is 0.240 e. The minimum absolute atomic E-state index is 0.107. The van der Waals surface area contributed by atoms with Crippen LogP contribution in [0.4, 0.5) is 5.82 Å². The van der Waals surface area contributed by atoms with Crippen LogP contribution in [0, 0.1) is 5.92 Å². The van der Waals surface area contributed by atoms with Crippen molar-refractivity contribution in [3.63, 3.8) is 0 Å². The maximum absolute atomic E-state index is 11.7. The van der Waals surface area contributed by atoms with Crippen molar-refractivity contribution in [2.45, 2.75) is 32.2 Å². The second-order valence-electron chi connectivity index (χ2n) is 5.05. The van der Waals surface area contributed by atoms with Gasteiger partial charge in [-0.3, -0.25) is 4.79 Å². The highest BCUT2D eigenvalue weighted by molar-refractivity contribution is 6.16. The van der Waals surface area contributed by atoms with E-state index in [1.165, 1.54) is 0 Å². The number of para-hydroxylation sites is 1. The van der Waals surface area contributed by atoms with Crippen LogP contribution in [-0.2, 0) is 10.7 Å². The van der Waals surface area contributed by atoms with Gasteiger partial charge >= 0.3 is 0 Å². The molecule has 2 aromatic rings. The van der Waals surface area contributed by atoms with E-state index in [2.05, 4.69) is 15.3 Å². The van der Waals surface area contributed by atoms with Gasteiger partial charge in [0.15, 0.2) is 0 Å². The van der Waals surface area contributed by atoms with Crippen LogP contribution in [0.25, 0.3) is 10.9 Å². The van der Waals surface area contributed by atoms with Crippen molar-refractivity contribution < 1.29 is 4.79 Å². The number of carbonyl (C=O) groups is 1. The Morgan fingerprint density at radius 2 is 2.10 bits per heavy atom. The van der Waals surface area contributed by atoms with E-state index < -0.39 is 6.04 Å². The zero-order valence-electron chi connectivity index (χ0n) is 12.1. The van der Waals surface area contributed by atoms with Crippen LogP contribution >= 0.6 is 11.6 Å². The molecule has 0 aliphatic heterocycles. The van der Waals surface area contributed by atoms with Crippen molar-refractivity contribution in [2.75, 3.05) is 5.32 Å². The maximum atomic E-state index is 11.7. The van der Waals surface area contributed by atoms with Gasteiger partial charge in [-0.05, 0) is 18.1 Å². The van der Waals surface area contributed by atoms with Gasteiger partial charge in [0, 0.05) is 5.39 Å². The molecule has 1 aromatic heterocycles. The predicted molar refractivity (Wildman–Crippen MR) is 85.2 cm³/mol. The number of anilines is 1. The van der Waals surface area contributed by atoms with Gasteiger partial charge in [-0.25, -0.2) is 9.97 Å². The first kappa shape index (κ1) is 15.5. The summed E-state index contributed by atoms with van der Waals surface area (Å²) in [7, 11) is 0. The third kappa shape index (κ3) is 3.42. The SMILES string of the molecule is CCC(C)[C@H](Nc1nc(CCl)nc2ccccc12)C(N)=O. The molecular weight excluding hydrogens is 288 g/mol. The molecule has 0 radical (unpaired) electrons. The topological polar surface area (TPSA) is 80.9 Å². The van der Waals surface area contributed by atoms with Crippen LogP contribution in [0.15, 0.2) is 24.3 Å². The fourth-order valence-electron chi connectivity index (χ4n) is 2.17. The number of benzene rings is 1. The van der Waals surface area contributed by atoms with Gasteiger partial charge in [-0.1, -0.05) is 32.4 Å². The molecule has 0 spiro atoms. The average Bonchev–Trinajstić information content (AvgIpc) is 2.50. The number of rotatable bonds is 6. The molecule has 3 N–H and O–H groups in total. The molecule has 5 nitrogen and oxygen atoms in total. The number of fused-ring (bicyclic) bond motifs is 1. The van der Waals surface area contributed by atoms with E-state index in [0.29, 0.717) is 11.6 Å². The molecule has 2 rings (SSSR count). The van der Waals surface area contributed by atoms with Crippen molar-refractivity contribution in [3.8, 4) is 0 Å². The Kier molecular flexibility index (Phi) is 4.96. The summed E-state index contributed by atoms with van der Waals surface area (Å²) in [6, 6.07) is 7.12. The number of nitrogens with two attached hydrogens (primary N) is 1. The molecule has 1 amide bonds. The van der Waals surface area contributed by atoms with Crippen molar-refractivity contribution in [3.05, 3.63) is 30.1 Å². The number of carbonyl (C=O) groups excluding carboxylic acids is 1. The second kappa shape index (κ2) is 6.72. The van der Waals surface area contributed by atoms with E-state index in [1.807, 2.05) is 38.1 Å². The summed E-state index contributed by atoms with van der Waals surface area (Å²) >= 11 is 5.84. The minimum Gasteiger partial charge on any atom is -0.368 e. The number of alkyl halides is 1. The Morgan fingerprint density at radius 1 is 1.38 bits per heavy atom. The normalized spacial score (nSPS) is 13.9. The zero-order chi connectivity index (χ0) is 15.4. The van der Waals surface area contributed by atoms with Crippen LogP contribution < -0.4 is 11.1 Å². The summed E-state index contributed by atoms with van der Waals surface area (Å²) in [6.07, 6.45) is 0.839. The lowest BCUT2D eigenvalue weighted by atomic mass is 9.98. The number of nitrogens with one attached hydrogen (secondary N) is 1. The Labute approximate surface area is 128 Å². The fourth-order valence-corrected chi connectivity index (χ4v) is 2.29. The predicted octanol–water partition coefficient (Wildman–Crippen LogP) is 2.68. The van der Waals surface area contributed by atoms with Crippen LogP contribution in [0.1, 0.15) is 26.1 Å². The van der Waals surface area contributed by atoms with E-state index in [0.717, 1.165) is 17.3 Å². The zero-order valence-corrected chi connectivity index (χ0v) is 12.9. The van der Waals surface area contributed by atoms with Gasteiger partial charge in [0.05, 0.1) is 11.4 Å². The quantitative estimate of drug-likeness (QED) is 0.804. The number of aromatic nitrogens is 2. The van der Waals surface area contributed by atoms with Crippen LogP contribution in [0.5, 0.6) is 0 Å². The molecule has 112 valence electrons. The van der Waals surface area contributed by atoms with Gasteiger partial charge in [0.1, 0.15) is 17.7 Å². The third-order valence-electron chi connectivity index (χ3n) is 3.58. The first-order chi connectivity index (χ1) is 10.1. The van der Waals surface area contributed by atoms with Gasteiger partial charge in [0.2, 0.25) is 5.91 Å². The lowest BCUT2D eigenvalue weighted by Gasteiger charge is -2.22. The Morgan fingerprint density at radius 3 is 2.71 bits per heavy atom. The number of primary amides is 1. The summed E-state index contributed by atoms with van der Waals surface area (Å²) in [5.41, 5.74) is 6.29. The highest BCUT2D eigenvalue weighted by Gasteiger charge is 2.23. The minimum atomic E-state index is -0.475. The van der Waals surface area contributed by atoms with Gasteiger partial charge in [-0.2, -0.15) is 0 Å². The van der Waals surface area contributed by atoms with Crippen LogP contribution in [0.3, 0.4) is 0 Å². The number of nitrogens with zero attached hydrogens (tertiary/aromatic N) is 2. The van der Waals surface area contributed by atoms with E-state index in [1.54, 1.807) is 0 Å². The number of halogens is 1. The molecular formula is C15H19ClN4O. The average molecular weight is 307 g/mol. The molecule has 1 unspecified atom stereocenters. The van der Waals surface area contributed by atoms with E-state index in [9.17, 15) is 4.79 Å². The van der Waals surface area contributed by atoms with Crippen molar-refractivity contribution in [1.29, 1.82) is 0 Å². The first-order valence-electron chi connectivity index (χ1n) is 6.94. The number of hydrogen-bond donors (Lipinski definition) is 2. The second-order valence-corrected chi connectivity index (χ2v) is 5.32. The molecule has 0 saturated heterocycles. The molecule has 0 aliphatic rings. The molecule has 1 aromatic carbocycles. The monoisotopic (exact) mass is 306 g/mol. The highest BCUT2D eigenvalue weighted by atomic mass is 35.5. The summed E-state index contributed by atoms with van der Waals surface area (Å²) < 4.78 is 0. The van der Waals surface area contributed by atoms with Crippen LogP contribution in [0.2, 0.25) is 0 Å². The van der Waals surface area contributed by atoms with Crippen molar-refractivity contribution in [1.82, 2.24) is 9.97 Å². The Hall–Kier alpha value is -1.88. The van der Waals surface area contributed by atoms with Crippen molar-refractivity contribution >= 4 is 34.2 Å². The molecule has 2 atom stereocenters. The summed E-state index contributed by atoms with van der Waals surface area (Å²) in [5.74, 6) is 1.05. The lowest BCUT2D eigenvalue weighted by Crippen LogP contribution is -2.40. The molecule has 1 heterocycles. The summed E-state index contributed by atoms with van der Waals surface area (Å²) in [5, 5.41) is 4.01. The Balaban J connectivity index is 2.46. The number of amides is 1. The lowest BCUT2D eigenvalue weighted by molar-refractivity contribution is -0.119.